The van der Waals surface area contributed by atoms with Gasteiger partial charge in [0.2, 0.25) is 0 Å². The quantitative estimate of drug-likeness (QED) is 0.671. The van der Waals surface area contributed by atoms with Gasteiger partial charge >= 0.3 is 0 Å². The summed E-state index contributed by atoms with van der Waals surface area (Å²) < 4.78 is 18.8. The number of carbonyl (C=O) groups excluding carboxylic acids is 1. The van der Waals surface area contributed by atoms with Gasteiger partial charge in [0.25, 0.3) is 5.91 Å². The van der Waals surface area contributed by atoms with Crippen LogP contribution in [-0.4, -0.2) is 18.0 Å². The molecule has 0 aliphatic heterocycles. The first-order valence-electron chi connectivity index (χ1n) is 7.69. The summed E-state index contributed by atoms with van der Waals surface area (Å²) in [6, 6.07) is 14.4. The molecule has 26 heavy (non-hydrogen) atoms. The smallest absolute Gasteiger partial charge is 0.274 e. The van der Waals surface area contributed by atoms with Gasteiger partial charge < -0.3 is 15.4 Å². The number of aromatic nitrogens is 1. The summed E-state index contributed by atoms with van der Waals surface area (Å²) in [6.07, 6.45) is 1.47. The van der Waals surface area contributed by atoms with Crippen molar-refractivity contribution in [2.24, 2.45) is 0 Å². The van der Waals surface area contributed by atoms with E-state index < -0.39 is 5.91 Å². The Morgan fingerprint density at radius 2 is 1.92 bits per heavy atom. The van der Waals surface area contributed by atoms with E-state index in [9.17, 15) is 9.18 Å². The molecule has 0 saturated carbocycles. The zero-order chi connectivity index (χ0) is 18.5. The van der Waals surface area contributed by atoms with E-state index in [2.05, 4.69) is 15.6 Å². The molecule has 1 aromatic heterocycles. The fraction of sp³-hybridized carbons (Fsp3) is 0.0526. The van der Waals surface area contributed by atoms with E-state index >= 15 is 0 Å². The van der Waals surface area contributed by atoms with Gasteiger partial charge in [0, 0.05) is 17.6 Å². The fourth-order valence-corrected chi connectivity index (χ4v) is 2.55. The average Bonchev–Trinajstić information content (AvgIpc) is 2.64. The van der Waals surface area contributed by atoms with Crippen LogP contribution in [0.3, 0.4) is 0 Å². The van der Waals surface area contributed by atoms with Crippen molar-refractivity contribution in [1.29, 1.82) is 0 Å². The highest BCUT2D eigenvalue weighted by Gasteiger charge is 2.11. The lowest BCUT2D eigenvalue weighted by Gasteiger charge is -2.10. The molecule has 0 fully saturated rings. The zero-order valence-corrected chi connectivity index (χ0v) is 14.5. The van der Waals surface area contributed by atoms with Crippen molar-refractivity contribution >= 4 is 34.6 Å². The summed E-state index contributed by atoms with van der Waals surface area (Å²) in [5.74, 6) is -0.287. The molecular weight excluding hydrogens is 357 g/mol. The predicted octanol–water partition coefficient (Wildman–Crippen LogP) is 4.88. The van der Waals surface area contributed by atoms with E-state index in [0.29, 0.717) is 27.8 Å². The van der Waals surface area contributed by atoms with Crippen molar-refractivity contribution in [2.75, 3.05) is 17.7 Å². The zero-order valence-electron chi connectivity index (χ0n) is 13.8. The van der Waals surface area contributed by atoms with E-state index in [1.165, 1.54) is 25.4 Å². The molecule has 2 N–H and O–H groups in total. The predicted molar refractivity (Wildman–Crippen MR) is 99.9 cm³/mol. The summed E-state index contributed by atoms with van der Waals surface area (Å²) in [5.41, 5.74) is 1.54. The fourth-order valence-electron chi connectivity index (χ4n) is 2.29. The monoisotopic (exact) mass is 371 g/mol. The SMILES string of the molecule is COc1ccc(NC(=O)c2cc(Nc3ccccc3F)ccn2)cc1Cl. The topological polar surface area (TPSA) is 63.2 Å². The first kappa shape index (κ1) is 17.7. The molecule has 3 rings (SSSR count). The molecule has 5 nitrogen and oxygen atoms in total. The first-order valence-corrected chi connectivity index (χ1v) is 8.07. The maximum atomic E-state index is 13.7. The van der Waals surface area contributed by atoms with Crippen molar-refractivity contribution in [3.05, 3.63) is 77.3 Å². The number of carbonyl (C=O) groups is 1. The average molecular weight is 372 g/mol. The highest BCUT2D eigenvalue weighted by atomic mass is 35.5. The lowest BCUT2D eigenvalue weighted by atomic mass is 10.2. The third-order valence-corrected chi connectivity index (χ3v) is 3.85. The van der Waals surface area contributed by atoms with Crippen LogP contribution in [-0.2, 0) is 0 Å². The summed E-state index contributed by atoms with van der Waals surface area (Å²) in [6.45, 7) is 0. The Morgan fingerprint density at radius 3 is 2.65 bits per heavy atom. The van der Waals surface area contributed by atoms with Gasteiger partial charge in [-0.05, 0) is 42.5 Å². The molecule has 0 atom stereocenters. The number of ether oxygens (including phenoxy) is 1. The number of nitrogens with zero attached hydrogens (tertiary/aromatic N) is 1. The molecular formula is C19H15ClFN3O2. The van der Waals surface area contributed by atoms with Crippen molar-refractivity contribution in [3.8, 4) is 5.75 Å². The molecule has 3 aromatic rings. The minimum atomic E-state index is -0.414. The summed E-state index contributed by atoms with van der Waals surface area (Å²) in [7, 11) is 1.51. The summed E-state index contributed by atoms with van der Waals surface area (Å²) in [5, 5.41) is 6.02. The number of amides is 1. The Balaban J connectivity index is 1.76. The molecule has 1 amide bonds. The van der Waals surface area contributed by atoms with E-state index in [1.807, 2.05) is 0 Å². The molecule has 0 saturated heterocycles. The lowest BCUT2D eigenvalue weighted by molar-refractivity contribution is 0.102. The number of halogens is 2. The van der Waals surface area contributed by atoms with E-state index in [0.717, 1.165) is 0 Å². The van der Waals surface area contributed by atoms with Crippen LogP contribution in [0.25, 0.3) is 0 Å². The van der Waals surface area contributed by atoms with Gasteiger partial charge in [-0.2, -0.15) is 0 Å². The van der Waals surface area contributed by atoms with Crippen LogP contribution >= 0.6 is 11.6 Å². The van der Waals surface area contributed by atoms with Gasteiger partial charge in [-0.25, -0.2) is 4.39 Å². The molecule has 0 aliphatic carbocycles. The van der Waals surface area contributed by atoms with Gasteiger partial charge in [-0.15, -0.1) is 0 Å². The van der Waals surface area contributed by atoms with E-state index in [-0.39, 0.29) is 11.5 Å². The Bertz CT molecular complexity index is 950. The highest BCUT2D eigenvalue weighted by Crippen LogP contribution is 2.27. The Hall–Kier alpha value is -3.12. The Kier molecular flexibility index (Phi) is 5.34. The number of methoxy groups -OCH3 is 1. The number of anilines is 3. The number of pyridine rings is 1. The van der Waals surface area contributed by atoms with Gasteiger partial charge in [0.15, 0.2) is 0 Å². The summed E-state index contributed by atoms with van der Waals surface area (Å²) in [4.78, 5) is 16.5. The lowest BCUT2D eigenvalue weighted by Crippen LogP contribution is -2.13. The Labute approximate surface area is 154 Å². The second kappa shape index (κ2) is 7.84. The van der Waals surface area contributed by atoms with Crippen molar-refractivity contribution < 1.29 is 13.9 Å². The van der Waals surface area contributed by atoms with Crippen LogP contribution in [0.1, 0.15) is 10.5 Å². The van der Waals surface area contributed by atoms with Gasteiger partial charge in [0.05, 0.1) is 17.8 Å². The normalized spacial score (nSPS) is 10.3. The number of hydrogen-bond acceptors (Lipinski definition) is 4. The molecule has 7 heteroatoms. The second-order valence-electron chi connectivity index (χ2n) is 5.34. The maximum Gasteiger partial charge on any atom is 0.274 e. The number of nitrogens with one attached hydrogen (secondary N) is 2. The molecule has 0 radical (unpaired) electrons. The number of hydrogen-bond donors (Lipinski definition) is 2. The number of benzene rings is 2. The highest BCUT2D eigenvalue weighted by molar-refractivity contribution is 6.32. The van der Waals surface area contributed by atoms with Gasteiger partial charge in [-0.1, -0.05) is 23.7 Å². The van der Waals surface area contributed by atoms with Crippen molar-refractivity contribution in [2.45, 2.75) is 0 Å². The second-order valence-corrected chi connectivity index (χ2v) is 5.75. The van der Waals surface area contributed by atoms with Gasteiger partial charge in [0.1, 0.15) is 17.3 Å². The van der Waals surface area contributed by atoms with Crippen molar-refractivity contribution in [1.82, 2.24) is 4.98 Å². The van der Waals surface area contributed by atoms with Crippen LogP contribution in [0, 0.1) is 5.82 Å². The van der Waals surface area contributed by atoms with Crippen LogP contribution < -0.4 is 15.4 Å². The maximum absolute atomic E-state index is 13.7. The molecule has 0 aliphatic rings. The van der Waals surface area contributed by atoms with Gasteiger partial charge in [-0.3, -0.25) is 9.78 Å². The van der Waals surface area contributed by atoms with Crippen molar-refractivity contribution in [3.63, 3.8) is 0 Å². The minimum Gasteiger partial charge on any atom is -0.495 e. The van der Waals surface area contributed by atoms with E-state index in [1.54, 1.807) is 42.5 Å². The molecule has 0 unspecified atom stereocenters. The number of rotatable bonds is 5. The third kappa shape index (κ3) is 4.10. The van der Waals surface area contributed by atoms with Crippen LogP contribution in [0.4, 0.5) is 21.5 Å². The Morgan fingerprint density at radius 1 is 1.12 bits per heavy atom. The third-order valence-electron chi connectivity index (χ3n) is 3.56. The van der Waals surface area contributed by atoms with Crippen LogP contribution in [0.2, 0.25) is 5.02 Å². The minimum absolute atomic E-state index is 0.179. The van der Waals surface area contributed by atoms with Crippen LogP contribution in [0.15, 0.2) is 60.8 Å². The molecule has 132 valence electrons. The standard InChI is InChI=1S/C19H15ClFN3O2/c1-26-18-7-6-12(10-14(18)20)24-19(25)17-11-13(8-9-22-17)23-16-5-3-2-4-15(16)21/h2-11H,1H3,(H,22,23)(H,24,25). The molecule has 0 bridgehead atoms. The molecule has 1 heterocycles. The molecule has 0 spiro atoms. The van der Waals surface area contributed by atoms with E-state index in [4.69, 9.17) is 16.3 Å². The van der Waals surface area contributed by atoms with Crippen LogP contribution in [0.5, 0.6) is 5.75 Å². The largest absolute Gasteiger partial charge is 0.495 e. The number of para-hydroxylation sites is 1. The first-order chi connectivity index (χ1) is 12.6. The molecule has 2 aromatic carbocycles. The summed E-state index contributed by atoms with van der Waals surface area (Å²) >= 11 is 6.05.